The van der Waals surface area contributed by atoms with Crippen molar-refractivity contribution >= 4 is 0 Å². The Labute approximate surface area is 122 Å². The van der Waals surface area contributed by atoms with E-state index in [2.05, 4.69) is 13.8 Å². The Kier molecular flexibility index (Phi) is 5.44. The average Bonchev–Trinajstić information content (AvgIpc) is 2.53. The van der Waals surface area contributed by atoms with Gasteiger partial charge in [0.1, 0.15) is 5.75 Å². The van der Waals surface area contributed by atoms with Crippen molar-refractivity contribution in [2.45, 2.75) is 45.8 Å². The van der Waals surface area contributed by atoms with Crippen LogP contribution in [0, 0.1) is 5.41 Å². The summed E-state index contributed by atoms with van der Waals surface area (Å²) in [6.07, 6.45) is 4.54. The average molecular weight is 278 g/mol. The predicted molar refractivity (Wildman–Crippen MR) is 79.9 cm³/mol. The molecular formula is C17H26O3. The molecule has 0 saturated carbocycles. The van der Waals surface area contributed by atoms with Gasteiger partial charge in [0, 0.05) is 11.0 Å². The van der Waals surface area contributed by atoms with Gasteiger partial charge in [-0.05, 0) is 25.0 Å². The number of hydrogen-bond donors (Lipinski definition) is 0. The van der Waals surface area contributed by atoms with Gasteiger partial charge in [0.15, 0.2) is 6.29 Å². The molecule has 0 unspecified atom stereocenters. The fraction of sp³-hybridized carbons (Fsp3) is 0.647. The lowest BCUT2D eigenvalue weighted by Crippen LogP contribution is -2.38. The number of methoxy groups -OCH3 is 1. The lowest BCUT2D eigenvalue weighted by atomic mass is 9.81. The Hall–Kier alpha value is -1.06. The van der Waals surface area contributed by atoms with E-state index in [9.17, 15) is 0 Å². The second kappa shape index (κ2) is 7.09. The highest BCUT2D eigenvalue weighted by Gasteiger charge is 2.35. The molecular weight excluding hydrogens is 252 g/mol. The molecule has 3 nitrogen and oxygen atoms in total. The minimum Gasteiger partial charge on any atom is -0.497 e. The van der Waals surface area contributed by atoms with E-state index in [1.807, 2.05) is 24.3 Å². The first-order valence-electron chi connectivity index (χ1n) is 7.60. The van der Waals surface area contributed by atoms with Gasteiger partial charge in [-0.15, -0.1) is 0 Å². The molecule has 0 atom stereocenters. The second-order valence-corrected chi connectivity index (χ2v) is 5.68. The van der Waals surface area contributed by atoms with E-state index in [1.54, 1.807) is 7.11 Å². The molecule has 1 aliphatic heterocycles. The predicted octanol–water partition coefficient (Wildman–Crippen LogP) is 4.33. The molecule has 1 saturated heterocycles. The van der Waals surface area contributed by atoms with Gasteiger partial charge in [0.25, 0.3) is 0 Å². The third-order valence-electron chi connectivity index (χ3n) is 4.28. The molecule has 0 aliphatic carbocycles. The summed E-state index contributed by atoms with van der Waals surface area (Å²) in [6.45, 7) is 6.05. The molecule has 0 spiro atoms. The summed E-state index contributed by atoms with van der Waals surface area (Å²) in [6, 6.07) is 7.91. The topological polar surface area (TPSA) is 27.7 Å². The van der Waals surface area contributed by atoms with Crippen LogP contribution in [-0.2, 0) is 9.47 Å². The zero-order valence-corrected chi connectivity index (χ0v) is 12.9. The standard InChI is InChI=1S/C17H26O3/c1-4-6-11-17(5-2)12-19-16(20-13-17)14-7-9-15(18-3)10-8-14/h7-10,16H,4-6,11-13H2,1-3H3. The van der Waals surface area contributed by atoms with Crippen molar-refractivity contribution in [3.05, 3.63) is 29.8 Å². The second-order valence-electron chi connectivity index (χ2n) is 5.68. The van der Waals surface area contributed by atoms with Crippen LogP contribution >= 0.6 is 0 Å². The van der Waals surface area contributed by atoms with E-state index in [-0.39, 0.29) is 11.7 Å². The molecule has 0 bridgehead atoms. The van der Waals surface area contributed by atoms with Gasteiger partial charge in [0.05, 0.1) is 20.3 Å². The number of unbranched alkanes of at least 4 members (excludes halogenated alkanes) is 1. The molecule has 2 rings (SSSR count). The fourth-order valence-electron chi connectivity index (χ4n) is 2.63. The van der Waals surface area contributed by atoms with E-state index in [1.165, 1.54) is 19.3 Å². The SMILES string of the molecule is CCCCC1(CC)COC(c2ccc(OC)cc2)OC1. The molecule has 0 N–H and O–H groups in total. The Morgan fingerprint density at radius 2 is 1.80 bits per heavy atom. The highest BCUT2D eigenvalue weighted by molar-refractivity contribution is 5.27. The zero-order valence-electron chi connectivity index (χ0n) is 12.9. The molecule has 1 aliphatic rings. The normalized spacial score (nSPS) is 26.4. The lowest BCUT2D eigenvalue weighted by Gasteiger charge is -2.39. The van der Waals surface area contributed by atoms with E-state index in [0.717, 1.165) is 30.9 Å². The van der Waals surface area contributed by atoms with Crippen LogP contribution in [0.1, 0.15) is 51.4 Å². The highest BCUT2D eigenvalue weighted by Crippen LogP contribution is 2.38. The maximum Gasteiger partial charge on any atom is 0.183 e. The summed E-state index contributed by atoms with van der Waals surface area (Å²) in [7, 11) is 1.67. The van der Waals surface area contributed by atoms with Crippen LogP contribution in [0.25, 0.3) is 0 Å². The highest BCUT2D eigenvalue weighted by atomic mass is 16.7. The van der Waals surface area contributed by atoms with Crippen LogP contribution in [0.3, 0.4) is 0 Å². The lowest BCUT2D eigenvalue weighted by molar-refractivity contribution is -0.236. The fourth-order valence-corrected chi connectivity index (χ4v) is 2.63. The first-order chi connectivity index (χ1) is 9.73. The Bertz CT molecular complexity index is 391. The minimum atomic E-state index is -0.234. The maximum atomic E-state index is 5.98. The van der Waals surface area contributed by atoms with Gasteiger partial charge in [-0.2, -0.15) is 0 Å². The van der Waals surface area contributed by atoms with Crippen LogP contribution in [0.5, 0.6) is 5.75 Å². The van der Waals surface area contributed by atoms with Gasteiger partial charge in [-0.25, -0.2) is 0 Å². The van der Waals surface area contributed by atoms with Crippen LogP contribution in [0.2, 0.25) is 0 Å². The molecule has 0 amide bonds. The number of rotatable bonds is 6. The number of hydrogen-bond acceptors (Lipinski definition) is 3. The summed E-state index contributed by atoms with van der Waals surface area (Å²) in [5.74, 6) is 0.857. The van der Waals surface area contributed by atoms with Gasteiger partial charge < -0.3 is 14.2 Å². The first-order valence-corrected chi connectivity index (χ1v) is 7.60. The van der Waals surface area contributed by atoms with Crippen molar-refractivity contribution in [3.8, 4) is 5.75 Å². The molecule has 1 heterocycles. The van der Waals surface area contributed by atoms with Crippen LogP contribution < -0.4 is 4.74 Å². The smallest absolute Gasteiger partial charge is 0.183 e. The van der Waals surface area contributed by atoms with Crippen molar-refractivity contribution in [1.29, 1.82) is 0 Å². The quantitative estimate of drug-likeness (QED) is 0.775. The number of benzene rings is 1. The van der Waals surface area contributed by atoms with E-state index in [0.29, 0.717) is 0 Å². The molecule has 20 heavy (non-hydrogen) atoms. The van der Waals surface area contributed by atoms with Gasteiger partial charge in [-0.3, -0.25) is 0 Å². The Balaban J connectivity index is 1.95. The molecule has 1 fully saturated rings. The van der Waals surface area contributed by atoms with Crippen LogP contribution in [-0.4, -0.2) is 20.3 Å². The summed E-state index contributed by atoms with van der Waals surface area (Å²) in [4.78, 5) is 0. The number of ether oxygens (including phenoxy) is 3. The summed E-state index contributed by atoms with van der Waals surface area (Å²) >= 11 is 0. The van der Waals surface area contributed by atoms with Crippen molar-refractivity contribution < 1.29 is 14.2 Å². The summed E-state index contributed by atoms with van der Waals surface area (Å²) in [5, 5.41) is 0. The van der Waals surface area contributed by atoms with Crippen molar-refractivity contribution in [2.24, 2.45) is 5.41 Å². The molecule has 1 aromatic carbocycles. The largest absolute Gasteiger partial charge is 0.497 e. The third kappa shape index (κ3) is 3.53. The van der Waals surface area contributed by atoms with E-state index < -0.39 is 0 Å². The van der Waals surface area contributed by atoms with Gasteiger partial charge >= 0.3 is 0 Å². The van der Waals surface area contributed by atoms with Crippen LogP contribution in [0.15, 0.2) is 24.3 Å². The molecule has 1 aromatic rings. The molecule has 0 radical (unpaired) electrons. The van der Waals surface area contributed by atoms with Crippen LogP contribution in [0.4, 0.5) is 0 Å². The van der Waals surface area contributed by atoms with E-state index in [4.69, 9.17) is 14.2 Å². The van der Waals surface area contributed by atoms with Gasteiger partial charge in [0.2, 0.25) is 0 Å². The van der Waals surface area contributed by atoms with Crippen molar-refractivity contribution in [2.75, 3.05) is 20.3 Å². The Morgan fingerprint density at radius 1 is 1.15 bits per heavy atom. The minimum absolute atomic E-state index is 0.207. The van der Waals surface area contributed by atoms with Crippen molar-refractivity contribution in [1.82, 2.24) is 0 Å². The Morgan fingerprint density at radius 3 is 2.30 bits per heavy atom. The summed E-state index contributed by atoms with van der Waals surface area (Å²) in [5.41, 5.74) is 1.27. The van der Waals surface area contributed by atoms with E-state index >= 15 is 0 Å². The molecule has 3 heteroatoms. The summed E-state index contributed by atoms with van der Waals surface area (Å²) < 4.78 is 17.1. The maximum absolute atomic E-state index is 5.98. The van der Waals surface area contributed by atoms with Gasteiger partial charge in [-0.1, -0.05) is 38.8 Å². The van der Waals surface area contributed by atoms with Crippen molar-refractivity contribution in [3.63, 3.8) is 0 Å². The first kappa shape index (κ1) is 15.3. The molecule has 112 valence electrons. The zero-order chi connectivity index (χ0) is 14.4. The third-order valence-corrected chi connectivity index (χ3v) is 4.28. The molecule has 0 aromatic heterocycles. The monoisotopic (exact) mass is 278 g/mol.